The molecule has 4 nitrogen and oxygen atoms in total. The molecule has 0 radical (unpaired) electrons. The summed E-state index contributed by atoms with van der Waals surface area (Å²) in [6.07, 6.45) is 1.15. The van der Waals surface area contributed by atoms with Gasteiger partial charge in [-0.3, -0.25) is 0 Å². The Morgan fingerprint density at radius 3 is 2.57 bits per heavy atom. The van der Waals surface area contributed by atoms with Gasteiger partial charge in [0, 0.05) is 11.1 Å². The zero-order valence-corrected chi connectivity index (χ0v) is 13.1. The molecule has 0 N–H and O–H groups in total. The average Bonchev–Trinajstić information content (AvgIpc) is 2.84. The second-order valence-corrected chi connectivity index (χ2v) is 6.88. The number of halogens is 2. The molecule has 1 heterocycles. The first-order chi connectivity index (χ1) is 9.84. The Hall–Kier alpha value is -1.74. The van der Waals surface area contributed by atoms with Crippen molar-refractivity contribution in [1.29, 1.82) is 5.26 Å². The molecular weight excluding hydrogens is 333 g/mol. The van der Waals surface area contributed by atoms with Gasteiger partial charge in [-0.1, -0.05) is 23.2 Å². The summed E-state index contributed by atoms with van der Waals surface area (Å²) in [5.41, 5.74) is 0. The maximum atomic E-state index is 12.5. The Morgan fingerprint density at radius 2 is 2.00 bits per heavy atom. The van der Waals surface area contributed by atoms with Crippen molar-refractivity contribution in [3.8, 4) is 6.07 Å². The Labute approximate surface area is 132 Å². The van der Waals surface area contributed by atoms with Crippen LogP contribution in [-0.4, -0.2) is 8.42 Å². The quantitative estimate of drug-likeness (QED) is 0.783. The largest absolute Gasteiger partial charge is 0.462 e. The smallest absolute Gasteiger partial charge is 0.218 e. The van der Waals surface area contributed by atoms with Crippen LogP contribution in [-0.2, 0) is 9.84 Å². The van der Waals surface area contributed by atoms with Crippen molar-refractivity contribution in [3.63, 3.8) is 0 Å². The van der Waals surface area contributed by atoms with Gasteiger partial charge in [0.05, 0.1) is 9.92 Å². The fraction of sp³-hybridized carbons (Fsp3) is 0.0714. The number of hydrogen-bond acceptors (Lipinski definition) is 4. The Morgan fingerprint density at radius 1 is 1.29 bits per heavy atom. The van der Waals surface area contributed by atoms with Crippen molar-refractivity contribution in [2.45, 2.75) is 11.8 Å². The first-order valence-corrected chi connectivity index (χ1v) is 7.97. The highest BCUT2D eigenvalue weighted by Crippen LogP contribution is 2.30. The van der Waals surface area contributed by atoms with Crippen LogP contribution in [0.3, 0.4) is 0 Å². The fourth-order valence-electron chi connectivity index (χ4n) is 1.63. The highest BCUT2D eigenvalue weighted by atomic mass is 35.5. The van der Waals surface area contributed by atoms with Gasteiger partial charge in [-0.25, -0.2) is 8.42 Å². The summed E-state index contributed by atoms with van der Waals surface area (Å²) in [5, 5.41) is 9.34. The minimum atomic E-state index is -4.07. The lowest BCUT2D eigenvalue weighted by Crippen LogP contribution is -2.04. The highest BCUT2D eigenvalue weighted by Gasteiger charge is 2.24. The number of benzene rings is 1. The lowest BCUT2D eigenvalue weighted by molar-refractivity contribution is 0.525. The van der Waals surface area contributed by atoms with E-state index < -0.39 is 14.7 Å². The molecule has 0 saturated carbocycles. The van der Waals surface area contributed by atoms with Crippen LogP contribution in [0.2, 0.25) is 10.0 Å². The minimum absolute atomic E-state index is 0.00354. The van der Waals surface area contributed by atoms with Crippen molar-refractivity contribution in [1.82, 2.24) is 0 Å². The van der Waals surface area contributed by atoms with E-state index in [0.717, 1.165) is 6.08 Å². The number of nitrogens with zero attached hydrogens (tertiary/aromatic N) is 1. The van der Waals surface area contributed by atoms with E-state index in [1.165, 1.54) is 18.2 Å². The third-order valence-corrected chi connectivity index (χ3v) is 5.00. The molecule has 0 aliphatic heterocycles. The molecule has 2 aromatic rings. The molecule has 2 rings (SSSR count). The fourth-order valence-corrected chi connectivity index (χ4v) is 3.53. The predicted molar refractivity (Wildman–Crippen MR) is 80.7 cm³/mol. The molecule has 21 heavy (non-hydrogen) atoms. The van der Waals surface area contributed by atoms with Crippen LogP contribution in [0, 0.1) is 18.3 Å². The standard InChI is InChI=1S/C14H9Cl2NO3S/c1-9-2-4-11(20-9)7-12(8-17)21(18,19)14-6-10(15)3-5-13(14)16/h2-7H,1H3. The lowest BCUT2D eigenvalue weighted by Gasteiger charge is -2.05. The molecular formula is C14H9Cl2NO3S. The zero-order valence-electron chi connectivity index (χ0n) is 10.8. The molecule has 0 amide bonds. The van der Waals surface area contributed by atoms with Gasteiger partial charge in [0.15, 0.2) is 4.91 Å². The van der Waals surface area contributed by atoms with Crippen LogP contribution < -0.4 is 0 Å². The molecule has 0 aliphatic rings. The molecule has 1 aromatic carbocycles. The maximum absolute atomic E-state index is 12.5. The maximum Gasteiger partial charge on any atom is 0.218 e. The second-order valence-electron chi connectivity index (χ2n) is 4.15. The molecule has 0 aliphatic carbocycles. The van der Waals surface area contributed by atoms with Crippen molar-refractivity contribution in [2.75, 3.05) is 0 Å². The molecule has 0 unspecified atom stereocenters. The van der Waals surface area contributed by atoms with E-state index in [9.17, 15) is 8.42 Å². The van der Waals surface area contributed by atoms with Crippen molar-refractivity contribution < 1.29 is 12.8 Å². The van der Waals surface area contributed by atoms with Gasteiger partial charge in [0.25, 0.3) is 0 Å². The van der Waals surface area contributed by atoms with Gasteiger partial charge in [-0.15, -0.1) is 0 Å². The zero-order chi connectivity index (χ0) is 15.6. The molecule has 0 bridgehead atoms. The van der Waals surface area contributed by atoms with Gasteiger partial charge in [-0.05, 0) is 37.3 Å². The van der Waals surface area contributed by atoms with Gasteiger partial charge in [-0.2, -0.15) is 5.26 Å². The normalized spacial score (nSPS) is 12.2. The topological polar surface area (TPSA) is 71.1 Å². The molecule has 1 aromatic heterocycles. The number of hydrogen-bond donors (Lipinski definition) is 0. The Kier molecular flexibility index (Phi) is 4.43. The van der Waals surface area contributed by atoms with Crippen LogP contribution in [0.15, 0.2) is 44.5 Å². The van der Waals surface area contributed by atoms with Gasteiger partial charge >= 0.3 is 0 Å². The van der Waals surface area contributed by atoms with Crippen molar-refractivity contribution in [3.05, 3.63) is 56.8 Å². The third-order valence-electron chi connectivity index (χ3n) is 2.62. The number of allylic oxidation sites excluding steroid dienone is 1. The number of nitriles is 1. The van der Waals surface area contributed by atoms with E-state index in [1.54, 1.807) is 25.1 Å². The Bertz CT molecular complexity index is 861. The molecule has 7 heteroatoms. The van der Waals surface area contributed by atoms with E-state index in [4.69, 9.17) is 32.9 Å². The van der Waals surface area contributed by atoms with Crippen LogP contribution in [0.25, 0.3) is 6.08 Å². The van der Waals surface area contributed by atoms with E-state index in [1.807, 2.05) is 0 Å². The lowest BCUT2D eigenvalue weighted by atomic mass is 10.4. The van der Waals surface area contributed by atoms with Crippen molar-refractivity contribution in [2.24, 2.45) is 0 Å². The van der Waals surface area contributed by atoms with E-state index in [2.05, 4.69) is 0 Å². The van der Waals surface area contributed by atoms with E-state index in [-0.39, 0.29) is 20.7 Å². The first-order valence-electron chi connectivity index (χ1n) is 5.73. The summed E-state index contributed by atoms with van der Waals surface area (Å²) in [7, 11) is -4.07. The minimum Gasteiger partial charge on any atom is -0.462 e. The third kappa shape index (κ3) is 3.30. The summed E-state index contributed by atoms with van der Waals surface area (Å²) in [4.78, 5) is -0.686. The monoisotopic (exact) mass is 341 g/mol. The first kappa shape index (κ1) is 15.6. The van der Waals surface area contributed by atoms with Crippen LogP contribution in [0.1, 0.15) is 11.5 Å². The molecule has 0 fully saturated rings. The van der Waals surface area contributed by atoms with E-state index in [0.29, 0.717) is 5.76 Å². The van der Waals surface area contributed by atoms with Crippen LogP contribution in [0.5, 0.6) is 0 Å². The van der Waals surface area contributed by atoms with Gasteiger partial charge in [0.2, 0.25) is 9.84 Å². The molecule has 0 spiro atoms. The molecule has 108 valence electrons. The van der Waals surface area contributed by atoms with Crippen molar-refractivity contribution >= 4 is 39.1 Å². The number of furan rings is 1. The summed E-state index contributed by atoms with van der Waals surface area (Å²) >= 11 is 11.7. The van der Waals surface area contributed by atoms with Crippen LogP contribution >= 0.6 is 23.2 Å². The summed E-state index contributed by atoms with van der Waals surface area (Å²) in [6, 6.07) is 8.93. The number of aryl methyl sites for hydroxylation is 1. The molecule has 0 saturated heterocycles. The SMILES string of the molecule is Cc1ccc(C=C(C#N)S(=O)(=O)c2cc(Cl)ccc2Cl)o1. The number of sulfone groups is 1. The van der Waals surface area contributed by atoms with Crippen LogP contribution in [0.4, 0.5) is 0 Å². The highest BCUT2D eigenvalue weighted by molar-refractivity contribution is 7.95. The molecule has 0 atom stereocenters. The Balaban J connectivity index is 2.58. The van der Waals surface area contributed by atoms with Gasteiger partial charge < -0.3 is 4.42 Å². The van der Waals surface area contributed by atoms with Gasteiger partial charge in [0.1, 0.15) is 17.6 Å². The number of rotatable bonds is 3. The summed E-state index contributed by atoms with van der Waals surface area (Å²) in [5.74, 6) is 0.877. The second kappa shape index (κ2) is 5.94. The van der Waals surface area contributed by atoms with E-state index >= 15 is 0 Å². The summed E-state index contributed by atoms with van der Waals surface area (Å²) in [6.45, 7) is 1.71. The average molecular weight is 342 g/mol. The predicted octanol–water partition coefficient (Wildman–Crippen LogP) is 4.23. The summed E-state index contributed by atoms with van der Waals surface area (Å²) < 4.78 is 30.2.